The van der Waals surface area contributed by atoms with E-state index in [4.69, 9.17) is 16.3 Å². The predicted octanol–water partition coefficient (Wildman–Crippen LogP) is 4.44. The second-order valence-electron chi connectivity index (χ2n) is 10.4. The molecular weight excluding hydrogens is 462 g/mol. The van der Waals surface area contributed by atoms with Crippen molar-refractivity contribution in [1.29, 1.82) is 0 Å². The Morgan fingerprint density at radius 3 is 2.74 bits per heavy atom. The van der Waals surface area contributed by atoms with E-state index < -0.39 is 0 Å². The summed E-state index contributed by atoms with van der Waals surface area (Å²) < 4.78 is 7.46. The number of aryl methyl sites for hydroxylation is 1. The molecule has 3 aromatic rings. The third kappa shape index (κ3) is 4.05. The molecule has 1 amide bonds. The van der Waals surface area contributed by atoms with Crippen LogP contribution < -0.4 is 10.2 Å². The van der Waals surface area contributed by atoms with E-state index in [2.05, 4.69) is 34.6 Å². The van der Waals surface area contributed by atoms with Crippen molar-refractivity contribution in [3.05, 3.63) is 75.8 Å². The van der Waals surface area contributed by atoms with Crippen LogP contribution in [-0.4, -0.2) is 39.4 Å². The van der Waals surface area contributed by atoms with Crippen molar-refractivity contribution in [2.45, 2.75) is 50.7 Å². The molecule has 2 aromatic carbocycles. The summed E-state index contributed by atoms with van der Waals surface area (Å²) in [5.74, 6) is 1.30. The lowest BCUT2D eigenvalue weighted by Crippen LogP contribution is -2.47. The van der Waals surface area contributed by atoms with Gasteiger partial charge in [0.05, 0.1) is 25.7 Å². The molecule has 1 saturated heterocycles. The molecular formula is C27H30ClN5O2. The Bertz CT molecular complexity index is 1280. The molecule has 8 heteroatoms. The van der Waals surface area contributed by atoms with Crippen LogP contribution in [-0.2, 0) is 24.9 Å². The lowest BCUT2D eigenvalue weighted by Gasteiger charge is -2.39. The molecule has 1 aliphatic carbocycles. The highest BCUT2D eigenvalue weighted by Gasteiger charge is 2.36. The summed E-state index contributed by atoms with van der Waals surface area (Å²) in [6.45, 7) is 4.84. The van der Waals surface area contributed by atoms with Gasteiger partial charge in [0.15, 0.2) is 0 Å². The number of carbonyl (C=O) groups excluding carboxylic acids is 1. The van der Waals surface area contributed by atoms with Gasteiger partial charge < -0.3 is 19.5 Å². The normalized spacial score (nSPS) is 19.9. The van der Waals surface area contributed by atoms with E-state index in [1.807, 2.05) is 40.8 Å². The van der Waals surface area contributed by atoms with Crippen molar-refractivity contribution in [3.8, 4) is 0 Å². The first kappa shape index (κ1) is 22.7. The average molecular weight is 492 g/mol. The van der Waals surface area contributed by atoms with Crippen molar-refractivity contribution in [2.24, 2.45) is 13.0 Å². The fraction of sp³-hybridized carbons (Fsp3) is 0.444. The molecule has 7 nitrogen and oxygen atoms in total. The second-order valence-corrected chi connectivity index (χ2v) is 10.8. The second kappa shape index (κ2) is 8.73. The molecule has 182 valence electrons. The van der Waals surface area contributed by atoms with E-state index in [0.29, 0.717) is 36.3 Å². The van der Waals surface area contributed by atoms with Gasteiger partial charge in [-0.25, -0.2) is 0 Å². The monoisotopic (exact) mass is 491 g/mol. The largest absolute Gasteiger partial charge is 0.381 e. The van der Waals surface area contributed by atoms with Crippen LogP contribution in [0.5, 0.6) is 0 Å². The third-order valence-electron chi connectivity index (χ3n) is 7.92. The molecule has 1 aromatic heterocycles. The molecule has 0 radical (unpaired) electrons. The van der Waals surface area contributed by atoms with Crippen LogP contribution in [0, 0.1) is 5.92 Å². The topological polar surface area (TPSA) is 72.3 Å². The maximum absolute atomic E-state index is 13.5. The van der Waals surface area contributed by atoms with Gasteiger partial charge in [0.2, 0.25) is 0 Å². The molecule has 0 bridgehead atoms. The molecule has 3 aliphatic rings. The van der Waals surface area contributed by atoms with Gasteiger partial charge >= 0.3 is 0 Å². The lowest BCUT2D eigenvalue weighted by molar-refractivity contribution is -0.0407. The SMILES string of the molecule is Cn1cnnc1[C@H](c1cccc(N2Cc3c(Cl)cc(CNC4(C)CCC4)cc3C2=O)c1)C1COC1. The molecule has 2 fully saturated rings. The van der Waals surface area contributed by atoms with Crippen molar-refractivity contribution in [2.75, 3.05) is 18.1 Å². The number of aromatic nitrogens is 3. The van der Waals surface area contributed by atoms with Gasteiger partial charge in [0.25, 0.3) is 5.91 Å². The molecule has 3 heterocycles. The van der Waals surface area contributed by atoms with Crippen molar-refractivity contribution >= 4 is 23.2 Å². The van der Waals surface area contributed by atoms with Gasteiger partial charge in [-0.1, -0.05) is 23.7 Å². The van der Waals surface area contributed by atoms with E-state index in [-0.39, 0.29) is 17.4 Å². The maximum Gasteiger partial charge on any atom is 0.258 e. The Hall–Kier alpha value is -2.74. The Kier molecular flexibility index (Phi) is 5.66. The first-order valence-electron chi connectivity index (χ1n) is 12.3. The summed E-state index contributed by atoms with van der Waals surface area (Å²) in [5.41, 5.74) is 4.84. The maximum atomic E-state index is 13.5. The van der Waals surface area contributed by atoms with Gasteiger partial charge in [-0.3, -0.25) is 4.79 Å². The van der Waals surface area contributed by atoms with E-state index >= 15 is 0 Å². The molecule has 2 aliphatic heterocycles. The van der Waals surface area contributed by atoms with Gasteiger partial charge in [-0.2, -0.15) is 0 Å². The number of hydrogen-bond donors (Lipinski definition) is 1. The fourth-order valence-corrected chi connectivity index (χ4v) is 5.77. The zero-order chi connectivity index (χ0) is 24.2. The van der Waals surface area contributed by atoms with Crippen molar-refractivity contribution in [3.63, 3.8) is 0 Å². The Balaban J connectivity index is 1.27. The standard InChI is InChI=1S/C27H30ClN5O2/c1-27(7-4-8-27)29-12-17-9-21-22(23(28)10-17)13-33(26(21)34)20-6-3-5-18(11-20)24(19-14-35-15-19)25-31-30-16-32(25)2/h3,5-6,9-11,16,19,24,29H,4,7-8,12-15H2,1-2H3/t24-/m1/s1. The highest BCUT2D eigenvalue weighted by Crippen LogP contribution is 2.39. The van der Waals surface area contributed by atoms with Crippen molar-refractivity contribution < 1.29 is 9.53 Å². The number of anilines is 1. The van der Waals surface area contributed by atoms with Crippen LogP contribution in [0.2, 0.25) is 5.02 Å². The predicted molar refractivity (Wildman–Crippen MR) is 135 cm³/mol. The molecule has 1 atom stereocenters. The molecule has 0 unspecified atom stereocenters. The minimum Gasteiger partial charge on any atom is -0.381 e. The third-order valence-corrected chi connectivity index (χ3v) is 8.26. The van der Waals surface area contributed by atoms with Gasteiger partial charge in [-0.15, -0.1) is 10.2 Å². The Labute approximate surface area is 210 Å². The number of hydrogen-bond acceptors (Lipinski definition) is 5. The highest BCUT2D eigenvalue weighted by atomic mass is 35.5. The zero-order valence-corrected chi connectivity index (χ0v) is 20.9. The summed E-state index contributed by atoms with van der Waals surface area (Å²) in [6.07, 6.45) is 5.38. The Morgan fingerprint density at radius 2 is 2.09 bits per heavy atom. The summed E-state index contributed by atoms with van der Waals surface area (Å²) in [6, 6.07) is 12.2. The average Bonchev–Trinajstić information content (AvgIpc) is 3.37. The minimum absolute atomic E-state index is 0.00191. The van der Waals surface area contributed by atoms with Crippen LogP contribution in [0.15, 0.2) is 42.7 Å². The van der Waals surface area contributed by atoms with Crippen LogP contribution in [0.1, 0.15) is 65.0 Å². The van der Waals surface area contributed by atoms with E-state index in [9.17, 15) is 4.79 Å². The molecule has 1 N–H and O–H groups in total. The smallest absolute Gasteiger partial charge is 0.258 e. The number of nitrogens with one attached hydrogen (secondary N) is 1. The number of carbonyl (C=O) groups is 1. The van der Waals surface area contributed by atoms with Gasteiger partial charge in [-0.05, 0) is 61.6 Å². The van der Waals surface area contributed by atoms with E-state index in [1.165, 1.54) is 19.3 Å². The molecule has 6 rings (SSSR count). The summed E-state index contributed by atoms with van der Waals surface area (Å²) in [7, 11) is 1.96. The first-order chi connectivity index (χ1) is 16.9. The number of nitrogens with zero attached hydrogens (tertiary/aromatic N) is 4. The van der Waals surface area contributed by atoms with Gasteiger partial charge in [0, 0.05) is 46.9 Å². The lowest BCUT2D eigenvalue weighted by atomic mass is 9.78. The van der Waals surface area contributed by atoms with Crippen molar-refractivity contribution in [1.82, 2.24) is 20.1 Å². The first-order valence-corrected chi connectivity index (χ1v) is 12.7. The number of amides is 1. The molecule has 1 saturated carbocycles. The van der Waals surface area contributed by atoms with Crippen LogP contribution in [0.4, 0.5) is 5.69 Å². The minimum atomic E-state index is -0.00191. The van der Waals surface area contributed by atoms with E-state index in [1.54, 1.807) is 6.33 Å². The van der Waals surface area contributed by atoms with Gasteiger partial charge in [0.1, 0.15) is 12.2 Å². The quantitative estimate of drug-likeness (QED) is 0.529. The summed E-state index contributed by atoms with van der Waals surface area (Å²) >= 11 is 6.69. The summed E-state index contributed by atoms with van der Waals surface area (Å²) in [4.78, 5) is 15.4. The highest BCUT2D eigenvalue weighted by molar-refractivity contribution is 6.32. The molecule has 0 spiro atoms. The number of rotatable bonds is 7. The number of halogens is 1. The zero-order valence-electron chi connectivity index (χ0n) is 20.1. The Morgan fingerprint density at radius 1 is 1.26 bits per heavy atom. The number of ether oxygens (including phenoxy) is 1. The number of fused-ring (bicyclic) bond motifs is 1. The van der Waals surface area contributed by atoms with Crippen LogP contribution >= 0.6 is 11.6 Å². The van der Waals surface area contributed by atoms with Crippen LogP contribution in [0.25, 0.3) is 0 Å². The van der Waals surface area contributed by atoms with Crippen LogP contribution in [0.3, 0.4) is 0 Å². The van der Waals surface area contributed by atoms with E-state index in [0.717, 1.165) is 34.7 Å². The molecule has 35 heavy (non-hydrogen) atoms. The number of benzene rings is 2. The fourth-order valence-electron chi connectivity index (χ4n) is 5.47. The summed E-state index contributed by atoms with van der Waals surface area (Å²) in [5, 5.41) is 12.8.